The summed E-state index contributed by atoms with van der Waals surface area (Å²) in [6, 6.07) is 5.10. The largest absolute Gasteiger partial charge is 0.494 e. The van der Waals surface area contributed by atoms with Crippen molar-refractivity contribution in [3.8, 4) is 5.75 Å². The first-order valence-corrected chi connectivity index (χ1v) is 6.53. The summed E-state index contributed by atoms with van der Waals surface area (Å²) in [4.78, 5) is 15.2. The molecule has 2 rings (SSSR count). The van der Waals surface area contributed by atoms with Gasteiger partial charge < -0.3 is 14.8 Å². The fraction of sp³-hybridized carbons (Fsp3) is 0.467. The molecule has 0 saturated carbocycles. The first-order chi connectivity index (χ1) is 9.39. The number of amides is 1. The lowest BCUT2D eigenvalue weighted by molar-refractivity contribution is 0.0491. The van der Waals surface area contributed by atoms with Crippen molar-refractivity contribution in [2.45, 2.75) is 38.8 Å². The van der Waals surface area contributed by atoms with Crippen molar-refractivity contribution in [1.29, 1.82) is 0 Å². The van der Waals surface area contributed by atoms with Gasteiger partial charge in [0, 0.05) is 12.0 Å². The van der Waals surface area contributed by atoms with E-state index in [1.54, 1.807) is 12.1 Å². The van der Waals surface area contributed by atoms with Gasteiger partial charge in [-0.2, -0.15) is 0 Å². The van der Waals surface area contributed by atoms with Crippen molar-refractivity contribution >= 4 is 11.8 Å². The van der Waals surface area contributed by atoms with Gasteiger partial charge in [-0.3, -0.25) is 0 Å². The molecule has 1 unspecified atom stereocenters. The van der Waals surface area contributed by atoms with Crippen molar-refractivity contribution in [1.82, 2.24) is 5.32 Å². The molecule has 0 aromatic heterocycles. The van der Waals surface area contributed by atoms with Crippen LogP contribution in [-0.2, 0) is 4.74 Å². The summed E-state index contributed by atoms with van der Waals surface area (Å²) in [6.45, 7) is 13.0. The Morgan fingerprint density at radius 2 is 2.25 bits per heavy atom. The van der Waals surface area contributed by atoms with Crippen LogP contribution in [0.25, 0.3) is 4.85 Å². The standard InChI is InChI=1S/C15H18N2O3/c1-15(2,3)20-14(18)17-12-7-8-19-13-9-10(16-4)5-6-11(12)13/h5-6,9,12H,7-8H2,1-3H3,(H,17,18). The van der Waals surface area contributed by atoms with E-state index in [2.05, 4.69) is 10.2 Å². The molecule has 20 heavy (non-hydrogen) atoms. The maximum atomic E-state index is 11.8. The predicted octanol–water partition coefficient (Wildman–Crippen LogP) is 3.59. The Bertz CT molecular complexity index is 555. The van der Waals surface area contributed by atoms with Crippen LogP contribution in [0.1, 0.15) is 38.8 Å². The number of nitrogens with one attached hydrogen (secondary N) is 1. The molecular formula is C15H18N2O3. The van der Waals surface area contributed by atoms with Crippen LogP contribution < -0.4 is 10.1 Å². The summed E-state index contributed by atoms with van der Waals surface area (Å²) in [5.41, 5.74) is 0.891. The molecule has 1 N–H and O–H groups in total. The molecule has 1 heterocycles. The van der Waals surface area contributed by atoms with Crippen LogP contribution >= 0.6 is 0 Å². The molecule has 1 aliphatic rings. The van der Waals surface area contributed by atoms with Gasteiger partial charge in [-0.1, -0.05) is 12.1 Å². The summed E-state index contributed by atoms with van der Waals surface area (Å²) in [7, 11) is 0. The fourth-order valence-electron chi connectivity index (χ4n) is 2.05. The van der Waals surface area contributed by atoms with E-state index < -0.39 is 11.7 Å². The Morgan fingerprint density at radius 3 is 2.90 bits per heavy atom. The quantitative estimate of drug-likeness (QED) is 0.796. The number of fused-ring (bicyclic) bond motifs is 1. The Kier molecular flexibility index (Phi) is 3.84. The maximum absolute atomic E-state index is 11.8. The molecule has 0 bridgehead atoms. The molecule has 5 nitrogen and oxygen atoms in total. The monoisotopic (exact) mass is 274 g/mol. The molecule has 1 atom stereocenters. The van der Waals surface area contributed by atoms with E-state index in [1.165, 1.54) is 0 Å². The first kappa shape index (κ1) is 14.2. The van der Waals surface area contributed by atoms with Crippen LogP contribution in [0.3, 0.4) is 0 Å². The maximum Gasteiger partial charge on any atom is 0.408 e. The van der Waals surface area contributed by atoms with Gasteiger partial charge in [-0.15, -0.1) is 0 Å². The lowest BCUT2D eigenvalue weighted by atomic mass is 10.0. The highest BCUT2D eigenvalue weighted by atomic mass is 16.6. The van der Waals surface area contributed by atoms with Gasteiger partial charge in [-0.25, -0.2) is 9.64 Å². The van der Waals surface area contributed by atoms with Crippen molar-refractivity contribution in [2.24, 2.45) is 0 Å². The second-order valence-corrected chi connectivity index (χ2v) is 5.67. The third kappa shape index (κ3) is 3.41. The molecule has 1 aromatic rings. The van der Waals surface area contributed by atoms with E-state index in [4.69, 9.17) is 16.0 Å². The summed E-state index contributed by atoms with van der Waals surface area (Å²) >= 11 is 0. The molecule has 0 spiro atoms. The number of nitrogens with zero attached hydrogens (tertiary/aromatic N) is 1. The average molecular weight is 274 g/mol. The van der Waals surface area contributed by atoms with Gasteiger partial charge >= 0.3 is 6.09 Å². The highest BCUT2D eigenvalue weighted by Gasteiger charge is 2.25. The van der Waals surface area contributed by atoms with Gasteiger partial charge in [0.1, 0.15) is 11.4 Å². The Balaban J connectivity index is 2.13. The van der Waals surface area contributed by atoms with Crippen LogP contribution in [0.15, 0.2) is 18.2 Å². The zero-order valence-corrected chi connectivity index (χ0v) is 11.9. The molecule has 5 heteroatoms. The van der Waals surface area contributed by atoms with E-state index in [0.29, 0.717) is 24.5 Å². The number of ether oxygens (including phenoxy) is 2. The first-order valence-electron chi connectivity index (χ1n) is 6.53. The van der Waals surface area contributed by atoms with Crippen molar-refractivity contribution in [2.75, 3.05) is 6.61 Å². The van der Waals surface area contributed by atoms with Gasteiger partial charge in [0.05, 0.1) is 19.2 Å². The number of hydrogen-bond donors (Lipinski definition) is 1. The van der Waals surface area contributed by atoms with Gasteiger partial charge in [-0.05, 0) is 26.8 Å². The normalized spacial score (nSPS) is 17.4. The van der Waals surface area contributed by atoms with Gasteiger partial charge in [0.15, 0.2) is 5.69 Å². The summed E-state index contributed by atoms with van der Waals surface area (Å²) in [5, 5.41) is 2.85. The minimum Gasteiger partial charge on any atom is -0.494 e. The second kappa shape index (κ2) is 5.41. The van der Waals surface area contributed by atoms with Crippen molar-refractivity contribution in [3.05, 3.63) is 35.2 Å². The number of carbonyl (C=O) groups excluding carboxylic acids is 1. The Morgan fingerprint density at radius 1 is 1.50 bits per heavy atom. The Hall–Kier alpha value is -2.22. The fourth-order valence-corrected chi connectivity index (χ4v) is 2.05. The average Bonchev–Trinajstić information content (AvgIpc) is 2.36. The molecule has 1 amide bonds. The number of carbonyl (C=O) groups is 1. The third-order valence-corrected chi connectivity index (χ3v) is 2.86. The predicted molar refractivity (Wildman–Crippen MR) is 74.9 cm³/mol. The molecule has 106 valence electrons. The molecule has 1 aliphatic heterocycles. The van der Waals surface area contributed by atoms with E-state index >= 15 is 0 Å². The minimum atomic E-state index is -0.522. The minimum absolute atomic E-state index is 0.145. The third-order valence-electron chi connectivity index (χ3n) is 2.86. The lowest BCUT2D eigenvalue weighted by Gasteiger charge is -2.28. The van der Waals surface area contributed by atoms with Crippen LogP contribution in [0.2, 0.25) is 0 Å². The SMILES string of the molecule is [C-]#[N+]c1ccc2c(c1)OCCC2NC(=O)OC(C)(C)C. The smallest absolute Gasteiger partial charge is 0.408 e. The van der Waals surface area contributed by atoms with Crippen LogP contribution in [0, 0.1) is 6.57 Å². The molecule has 1 aromatic carbocycles. The molecule has 0 fully saturated rings. The van der Waals surface area contributed by atoms with Crippen molar-refractivity contribution < 1.29 is 14.3 Å². The molecular weight excluding hydrogens is 256 g/mol. The molecule has 0 aliphatic carbocycles. The van der Waals surface area contributed by atoms with Crippen molar-refractivity contribution in [3.63, 3.8) is 0 Å². The van der Waals surface area contributed by atoms with Crippen LogP contribution in [0.5, 0.6) is 5.75 Å². The lowest BCUT2D eigenvalue weighted by Crippen LogP contribution is -2.36. The van der Waals surface area contributed by atoms with Crippen LogP contribution in [-0.4, -0.2) is 18.3 Å². The topological polar surface area (TPSA) is 51.9 Å². The summed E-state index contributed by atoms with van der Waals surface area (Å²) < 4.78 is 10.8. The highest BCUT2D eigenvalue weighted by Crippen LogP contribution is 2.35. The Labute approximate surface area is 118 Å². The molecule has 0 saturated heterocycles. The number of benzene rings is 1. The highest BCUT2D eigenvalue weighted by molar-refractivity contribution is 5.69. The number of rotatable bonds is 1. The number of hydrogen-bond acceptors (Lipinski definition) is 3. The van der Waals surface area contributed by atoms with Crippen LogP contribution in [0.4, 0.5) is 10.5 Å². The second-order valence-electron chi connectivity index (χ2n) is 5.67. The summed E-state index contributed by atoms with van der Waals surface area (Å²) in [5.74, 6) is 0.658. The van der Waals surface area contributed by atoms with E-state index in [-0.39, 0.29) is 6.04 Å². The van der Waals surface area contributed by atoms with E-state index in [1.807, 2.05) is 26.8 Å². The molecule has 0 radical (unpaired) electrons. The number of alkyl carbamates (subject to hydrolysis) is 1. The van der Waals surface area contributed by atoms with Gasteiger partial charge in [0.25, 0.3) is 0 Å². The zero-order chi connectivity index (χ0) is 14.8. The summed E-state index contributed by atoms with van der Waals surface area (Å²) in [6.07, 6.45) is 0.244. The zero-order valence-electron chi connectivity index (χ0n) is 11.9. The van der Waals surface area contributed by atoms with E-state index in [9.17, 15) is 4.79 Å². The van der Waals surface area contributed by atoms with Gasteiger partial charge in [0.2, 0.25) is 0 Å². The van der Waals surface area contributed by atoms with E-state index in [0.717, 1.165) is 5.56 Å².